The van der Waals surface area contributed by atoms with Gasteiger partial charge in [-0.15, -0.1) is 0 Å². The van der Waals surface area contributed by atoms with Crippen molar-refractivity contribution in [2.24, 2.45) is 0 Å². The molecular weight excluding hydrogens is 265 g/mol. The molecule has 2 N–H and O–H groups in total. The lowest BCUT2D eigenvalue weighted by atomic mass is 10.2. The molecule has 0 spiro atoms. The summed E-state index contributed by atoms with van der Waals surface area (Å²) in [6.45, 7) is 3.18. The molecule has 0 unspecified atom stereocenters. The van der Waals surface area contributed by atoms with E-state index in [0.29, 0.717) is 45.2 Å². The minimum atomic E-state index is -0.417. The first kappa shape index (κ1) is 16.8. The number of hydrogen-bond acceptors (Lipinski definition) is 5. The number of nitrogens with two attached hydrogens (primary N) is 1. The molecule has 0 amide bonds. The molecule has 0 aliphatic carbocycles. The van der Waals surface area contributed by atoms with Gasteiger partial charge in [0.05, 0.1) is 51.9 Å². The van der Waals surface area contributed by atoms with Gasteiger partial charge in [-0.1, -0.05) is 12.1 Å². The van der Waals surface area contributed by atoms with Crippen LogP contribution in [0.25, 0.3) is 0 Å². The van der Waals surface area contributed by atoms with Crippen LogP contribution in [0.2, 0.25) is 0 Å². The first-order chi connectivity index (χ1) is 9.75. The topological polar surface area (TPSA) is 62.9 Å². The van der Waals surface area contributed by atoms with E-state index in [0.717, 1.165) is 0 Å². The van der Waals surface area contributed by atoms with Gasteiger partial charge in [-0.3, -0.25) is 0 Å². The summed E-state index contributed by atoms with van der Waals surface area (Å²) in [4.78, 5) is 0. The first-order valence-electron chi connectivity index (χ1n) is 6.50. The van der Waals surface area contributed by atoms with Gasteiger partial charge in [-0.25, -0.2) is 4.39 Å². The Bertz CT molecular complexity index is 376. The zero-order valence-corrected chi connectivity index (χ0v) is 11.8. The van der Waals surface area contributed by atoms with E-state index in [2.05, 4.69) is 0 Å². The third kappa shape index (κ3) is 6.81. The Kier molecular flexibility index (Phi) is 8.90. The van der Waals surface area contributed by atoms with E-state index in [-0.39, 0.29) is 12.3 Å². The van der Waals surface area contributed by atoms with Crippen molar-refractivity contribution in [3.8, 4) is 0 Å². The molecule has 1 rings (SSSR count). The molecule has 0 bridgehead atoms. The Balaban J connectivity index is 1.98. The second-order valence-electron chi connectivity index (χ2n) is 4.09. The molecule has 114 valence electrons. The largest absolute Gasteiger partial charge is 0.396 e. The average Bonchev–Trinajstić information content (AvgIpc) is 2.45. The summed E-state index contributed by atoms with van der Waals surface area (Å²) in [7, 11) is 1.63. The third-order valence-corrected chi connectivity index (χ3v) is 2.54. The molecule has 0 fully saturated rings. The smallest absolute Gasteiger partial charge is 0.151 e. The summed E-state index contributed by atoms with van der Waals surface area (Å²) in [5.41, 5.74) is 6.05. The molecule has 0 radical (unpaired) electrons. The van der Waals surface area contributed by atoms with Gasteiger partial charge in [0.25, 0.3) is 0 Å². The van der Waals surface area contributed by atoms with Crippen LogP contribution < -0.4 is 5.73 Å². The van der Waals surface area contributed by atoms with Crippen molar-refractivity contribution in [2.75, 3.05) is 52.5 Å². The molecule has 1 aromatic carbocycles. The number of anilines is 1. The summed E-state index contributed by atoms with van der Waals surface area (Å²) in [5, 5.41) is 0. The first-order valence-corrected chi connectivity index (χ1v) is 6.50. The van der Waals surface area contributed by atoms with Crippen LogP contribution in [-0.4, -0.2) is 46.8 Å². The molecule has 20 heavy (non-hydrogen) atoms. The number of nitrogen functional groups attached to an aromatic ring is 1. The molecule has 6 heteroatoms. The van der Waals surface area contributed by atoms with Crippen molar-refractivity contribution in [3.05, 3.63) is 29.6 Å². The minimum Gasteiger partial charge on any atom is -0.396 e. The predicted octanol–water partition coefficient (Wildman–Crippen LogP) is 1.60. The summed E-state index contributed by atoms with van der Waals surface area (Å²) >= 11 is 0. The van der Waals surface area contributed by atoms with Crippen LogP contribution in [0, 0.1) is 5.82 Å². The van der Waals surface area contributed by atoms with Crippen LogP contribution in [0.5, 0.6) is 0 Å². The number of hydrogen-bond donors (Lipinski definition) is 1. The quantitative estimate of drug-likeness (QED) is 0.495. The summed E-state index contributed by atoms with van der Waals surface area (Å²) in [5.74, 6) is -0.417. The molecule has 1 aromatic rings. The highest BCUT2D eigenvalue weighted by molar-refractivity contribution is 5.42. The number of methoxy groups -OCH3 is 1. The number of halogens is 1. The molecule has 5 nitrogen and oxygen atoms in total. The van der Waals surface area contributed by atoms with Gasteiger partial charge in [0, 0.05) is 12.7 Å². The van der Waals surface area contributed by atoms with E-state index in [4.69, 9.17) is 24.7 Å². The average molecular weight is 287 g/mol. The second kappa shape index (κ2) is 10.6. The zero-order chi connectivity index (χ0) is 14.6. The van der Waals surface area contributed by atoms with Crippen molar-refractivity contribution < 1.29 is 23.3 Å². The van der Waals surface area contributed by atoms with Crippen LogP contribution in [0.1, 0.15) is 5.56 Å². The van der Waals surface area contributed by atoms with E-state index in [1.165, 1.54) is 6.07 Å². The predicted molar refractivity (Wildman–Crippen MR) is 74.0 cm³/mol. The van der Waals surface area contributed by atoms with Crippen LogP contribution in [-0.2, 0) is 25.6 Å². The Morgan fingerprint density at radius 2 is 1.55 bits per heavy atom. The van der Waals surface area contributed by atoms with Gasteiger partial charge in [0.2, 0.25) is 0 Å². The second-order valence-corrected chi connectivity index (χ2v) is 4.09. The summed E-state index contributed by atoms with van der Waals surface area (Å²) in [6.07, 6.45) is 0. The normalized spacial score (nSPS) is 10.9. The standard InChI is InChI=1S/C14H22FNO4/c1-17-5-6-18-7-8-19-9-10-20-11-12-3-2-4-13(16)14(12)15/h2-4H,5-11,16H2,1H3. The van der Waals surface area contributed by atoms with Gasteiger partial charge < -0.3 is 24.7 Å². The van der Waals surface area contributed by atoms with Crippen LogP contribution in [0.4, 0.5) is 10.1 Å². The van der Waals surface area contributed by atoms with E-state index in [1.54, 1.807) is 19.2 Å². The van der Waals surface area contributed by atoms with Crippen LogP contribution in [0.3, 0.4) is 0 Å². The Morgan fingerprint density at radius 1 is 0.950 bits per heavy atom. The fraction of sp³-hybridized carbons (Fsp3) is 0.571. The van der Waals surface area contributed by atoms with Crippen molar-refractivity contribution in [1.82, 2.24) is 0 Å². The molecule has 0 aliphatic heterocycles. The lowest BCUT2D eigenvalue weighted by Crippen LogP contribution is -2.11. The molecule has 0 heterocycles. The molecule has 0 saturated heterocycles. The van der Waals surface area contributed by atoms with Crippen LogP contribution >= 0.6 is 0 Å². The van der Waals surface area contributed by atoms with E-state index in [9.17, 15) is 4.39 Å². The van der Waals surface area contributed by atoms with Gasteiger partial charge in [-0.05, 0) is 6.07 Å². The SMILES string of the molecule is COCCOCCOCCOCc1cccc(N)c1F. The van der Waals surface area contributed by atoms with Crippen molar-refractivity contribution in [1.29, 1.82) is 0 Å². The lowest BCUT2D eigenvalue weighted by Gasteiger charge is -2.08. The van der Waals surface area contributed by atoms with E-state index < -0.39 is 5.82 Å². The highest BCUT2D eigenvalue weighted by Crippen LogP contribution is 2.15. The maximum absolute atomic E-state index is 13.5. The lowest BCUT2D eigenvalue weighted by molar-refractivity contribution is 0.000563. The Morgan fingerprint density at radius 3 is 2.20 bits per heavy atom. The van der Waals surface area contributed by atoms with Crippen molar-refractivity contribution >= 4 is 5.69 Å². The summed E-state index contributed by atoms with van der Waals surface area (Å²) in [6, 6.07) is 4.87. The number of benzene rings is 1. The maximum Gasteiger partial charge on any atom is 0.151 e. The van der Waals surface area contributed by atoms with Gasteiger partial charge in [0.15, 0.2) is 5.82 Å². The van der Waals surface area contributed by atoms with Gasteiger partial charge >= 0.3 is 0 Å². The third-order valence-electron chi connectivity index (χ3n) is 2.54. The van der Waals surface area contributed by atoms with E-state index >= 15 is 0 Å². The minimum absolute atomic E-state index is 0.135. The van der Waals surface area contributed by atoms with E-state index in [1.807, 2.05) is 0 Å². The fourth-order valence-electron chi connectivity index (χ4n) is 1.48. The fourth-order valence-corrected chi connectivity index (χ4v) is 1.48. The van der Waals surface area contributed by atoms with Crippen molar-refractivity contribution in [2.45, 2.75) is 6.61 Å². The molecule has 0 aliphatic rings. The molecule has 0 saturated carbocycles. The van der Waals surface area contributed by atoms with Gasteiger partial charge in [-0.2, -0.15) is 0 Å². The van der Waals surface area contributed by atoms with Gasteiger partial charge in [0.1, 0.15) is 0 Å². The Labute approximate surface area is 118 Å². The van der Waals surface area contributed by atoms with Crippen LogP contribution in [0.15, 0.2) is 18.2 Å². The highest BCUT2D eigenvalue weighted by Gasteiger charge is 2.04. The maximum atomic E-state index is 13.5. The molecular formula is C14H22FNO4. The molecule has 0 aromatic heterocycles. The highest BCUT2D eigenvalue weighted by atomic mass is 19.1. The number of rotatable bonds is 11. The summed E-state index contributed by atoms with van der Waals surface area (Å²) < 4.78 is 34.2. The number of ether oxygens (including phenoxy) is 4. The zero-order valence-electron chi connectivity index (χ0n) is 11.8. The monoisotopic (exact) mass is 287 g/mol. The molecule has 0 atom stereocenters. The van der Waals surface area contributed by atoms with Crippen molar-refractivity contribution in [3.63, 3.8) is 0 Å². The Hall–Kier alpha value is -1.21.